The fourth-order valence-corrected chi connectivity index (χ4v) is 7.22. The second-order valence-corrected chi connectivity index (χ2v) is 12.0. The first-order valence-corrected chi connectivity index (χ1v) is 14.6. The number of nitrogens with zero attached hydrogens (tertiary/aromatic N) is 3. The van der Waals surface area contributed by atoms with E-state index < -0.39 is 22.8 Å². The fourth-order valence-electron chi connectivity index (χ4n) is 6.99. The lowest BCUT2D eigenvalue weighted by Crippen LogP contribution is -2.54. The van der Waals surface area contributed by atoms with Crippen molar-refractivity contribution in [1.82, 2.24) is 14.7 Å². The zero-order valence-corrected chi connectivity index (χ0v) is 25.2. The predicted octanol–water partition coefficient (Wildman–Crippen LogP) is 6.62. The molecule has 0 spiro atoms. The molecule has 1 N–H and O–H groups in total. The van der Waals surface area contributed by atoms with E-state index in [9.17, 15) is 18.0 Å². The SMILES string of the molecule is COc1ccc(C23CCC(N(C(=O)Nc4ccc(Cl)c(C(F)(F)F)c4)C4=CCN(C)CC4)CC2N(C)CC3)cc1OC. The molecule has 2 aromatic carbocycles. The summed E-state index contributed by atoms with van der Waals surface area (Å²) in [4.78, 5) is 20.3. The zero-order chi connectivity index (χ0) is 30.2. The van der Waals surface area contributed by atoms with Crippen LogP contribution in [-0.4, -0.2) is 80.8 Å². The van der Waals surface area contributed by atoms with Crippen LogP contribution in [0.15, 0.2) is 48.2 Å². The van der Waals surface area contributed by atoms with Crippen LogP contribution in [0.1, 0.15) is 43.2 Å². The summed E-state index contributed by atoms with van der Waals surface area (Å²) in [6, 6.07) is 9.26. The largest absolute Gasteiger partial charge is 0.493 e. The Labute approximate surface area is 250 Å². The van der Waals surface area contributed by atoms with Crippen molar-refractivity contribution in [3.05, 3.63) is 64.3 Å². The highest BCUT2D eigenvalue weighted by Crippen LogP contribution is 2.51. The van der Waals surface area contributed by atoms with E-state index in [-0.39, 0.29) is 23.2 Å². The summed E-state index contributed by atoms with van der Waals surface area (Å²) in [6.45, 7) is 2.42. The molecule has 2 aliphatic heterocycles. The van der Waals surface area contributed by atoms with Crippen molar-refractivity contribution >= 4 is 23.3 Å². The minimum Gasteiger partial charge on any atom is -0.493 e. The Kier molecular flexibility index (Phi) is 8.70. The lowest BCUT2D eigenvalue weighted by atomic mass is 9.64. The third-order valence-electron chi connectivity index (χ3n) is 9.26. The third kappa shape index (κ3) is 5.81. The summed E-state index contributed by atoms with van der Waals surface area (Å²) in [5, 5.41) is 2.35. The first kappa shape index (κ1) is 30.5. The number of fused-ring (bicyclic) bond motifs is 1. The molecule has 42 heavy (non-hydrogen) atoms. The molecule has 0 bridgehead atoms. The molecule has 3 unspecified atom stereocenters. The number of likely N-dealkylation sites (N-methyl/N-ethyl adjacent to an activating group) is 2. The van der Waals surface area contributed by atoms with Gasteiger partial charge in [0.25, 0.3) is 0 Å². The smallest absolute Gasteiger partial charge is 0.417 e. The monoisotopic (exact) mass is 606 g/mol. The first-order valence-electron chi connectivity index (χ1n) is 14.2. The summed E-state index contributed by atoms with van der Waals surface area (Å²) >= 11 is 5.83. The normalized spacial score (nSPS) is 25.0. The van der Waals surface area contributed by atoms with E-state index in [4.69, 9.17) is 21.1 Å². The lowest BCUT2D eigenvalue weighted by Gasteiger charge is -2.48. The molecule has 3 atom stereocenters. The number of anilines is 1. The minimum atomic E-state index is -4.63. The molecule has 11 heteroatoms. The highest BCUT2D eigenvalue weighted by Gasteiger charge is 2.52. The Morgan fingerprint density at radius 2 is 1.83 bits per heavy atom. The molecule has 2 amide bonds. The van der Waals surface area contributed by atoms with Gasteiger partial charge >= 0.3 is 12.2 Å². The lowest BCUT2D eigenvalue weighted by molar-refractivity contribution is -0.137. The average Bonchev–Trinajstić information content (AvgIpc) is 3.31. The number of halogens is 4. The Morgan fingerprint density at radius 3 is 2.50 bits per heavy atom. The van der Waals surface area contributed by atoms with Gasteiger partial charge in [0.2, 0.25) is 0 Å². The molecular weight excluding hydrogens is 569 g/mol. The van der Waals surface area contributed by atoms with Crippen molar-refractivity contribution in [2.75, 3.05) is 53.3 Å². The molecule has 1 saturated carbocycles. The predicted molar refractivity (Wildman–Crippen MR) is 157 cm³/mol. The van der Waals surface area contributed by atoms with Crippen LogP contribution in [0.4, 0.5) is 23.7 Å². The van der Waals surface area contributed by atoms with E-state index in [2.05, 4.69) is 40.4 Å². The molecule has 3 aliphatic rings. The number of nitrogens with one attached hydrogen (secondary N) is 1. The van der Waals surface area contributed by atoms with Gasteiger partial charge in [0.1, 0.15) is 0 Å². The maximum absolute atomic E-state index is 13.9. The molecule has 2 fully saturated rings. The van der Waals surface area contributed by atoms with Gasteiger partial charge in [-0.15, -0.1) is 0 Å². The fraction of sp³-hybridized carbons (Fsp3) is 0.516. The van der Waals surface area contributed by atoms with Gasteiger partial charge in [-0.1, -0.05) is 23.7 Å². The number of alkyl halides is 3. The quantitative estimate of drug-likeness (QED) is 0.400. The summed E-state index contributed by atoms with van der Waals surface area (Å²) in [5.74, 6) is 1.38. The van der Waals surface area contributed by atoms with Crippen LogP contribution < -0.4 is 14.8 Å². The van der Waals surface area contributed by atoms with Crippen molar-refractivity contribution in [3.8, 4) is 11.5 Å². The third-order valence-corrected chi connectivity index (χ3v) is 9.59. The molecule has 1 saturated heterocycles. The Morgan fingerprint density at radius 1 is 1.07 bits per heavy atom. The number of urea groups is 1. The van der Waals surface area contributed by atoms with Crippen LogP contribution in [0.5, 0.6) is 11.5 Å². The summed E-state index contributed by atoms with van der Waals surface area (Å²) in [6.07, 6.45) is 1.45. The summed E-state index contributed by atoms with van der Waals surface area (Å²) in [5.41, 5.74) is 1.08. The zero-order valence-electron chi connectivity index (χ0n) is 24.4. The van der Waals surface area contributed by atoms with Crippen LogP contribution in [0.3, 0.4) is 0 Å². The van der Waals surface area contributed by atoms with Gasteiger partial charge in [-0.05, 0) is 82.2 Å². The number of likely N-dealkylation sites (tertiary alicyclic amines) is 1. The summed E-state index contributed by atoms with van der Waals surface area (Å²) < 4.78 is 51.7. The second kappa shape index (κ2) is 12.0. The van der Waals surface area contributed by atoms with Crippen LogP contribution in [0.25, 0.3) is 0 Å². The van der Waals surface area contributed by atoms with Crippen molar-refractivity contribution < 1.29 is 27.4 Å². The van der Waals surface area contributed by atoms with Gasteiger partial charge in [-0.2, -0.15) is 13.2 Å². The van der Waals surface area contributed by atoms with Crippen LogP contribution >= 0.6 is 11.6 Å². The van der Waals surface area contributed by atoms with Gasteiger partial charge in [0.05, 0.1) is 24.8 Å². The number of hydrogen-bond donors (Lipinski definition) is 1. The summed E-state index contributed by atoms with van der Waals surface area (Å²) in [7, 11) is 7.41. The molecule has 2 aromatic rings. The van der Waals surface area contributed by atoms with E-state index >= 15 is 0 Å². The van der Waals surface area contributed by atoms with E-state index in [1.54, 1.807) is 19.1 Å². The molecule has 0 aromatic heterocycles. The number of ether oxygens (including phenoxy) is 2. The highest BCUT2D eigenvalue weighted by atomic mass is 35.5. The number of carbonyl (C=O) groups excluding carboxylic acids is 1. The topological polar surface area (TPSA) is 57.3 Å². The average molecular weight is 607 g/mol. The number of carbonyl (C=O) groups is 1. The van der Waals surface area contributed by atoms with Gasteiger partial charge < -0.3 is 24.6 Å². The number of amides is 2. The standard InChI is InChI=1S/C31H38ClF3N4O3/c1-37-14-10-22(11-15-37)39(29(40)36-21-6-7-25(32)24(18-21)31(33,34)35)23-9-12-30(13-16-38(2)28(30)19-23)20-5-8-26(41-3)27(17-20)42-4/h5-8,10,17-18,23,28H,9,11-16,19H2,1-4H3,(H,36,40). The van der Waals surface area contributed by atoms with Crippen molar-refractivity contribution in [2.24, 2.45) is 0 Å². The molecule has 5 rings (SSSR count). The maximum Gasteiger partial charge on any atom is 0.417 e. The van der Waals surface area contributed by atoms with Gasteiger partial charge in [0, 0.05) is 48.4 Å². The second-order valence-electron chi connectivity index (χ2n) is 11.6. The Balaban J connectivity index is 1.45. The number of methoxy groups -OCH3 is 2. The maximum atomic E-state index is 13.9. The van der Waals surface area contributed by atoms with E-state index in [0.717, 1.165) is 50.5 Å². The molecule has 7 nitrogen and oxygen atoms in total. The molecular formula is C31H38ClF3N4O3. The van der Waals surface area contributed by atoms with Crippen LogP contribution in [0, 0.1) is 0 Å². The van der Waals surface area contributed by atoms with E-state index in [1.807, 2.05) is 13.1 Å². The molecule has 228 valence electrons. The number of benzene rings is 2. The van der Waals surface area contributed by atoms with Crippen LogP contribution in [-0.2, 0) is 11.6 Å². The van der Waals surface area contributed by atoms with Gasteiger partial charge in [-0.25, -0.2) is 4.79 Å². The van der Waals surface area contributed by atoms with Gasteiger partial charge in [-0.3, -0.25) is 4.90 Å². The van der Waals surface area contributed by atoms with Crippen molar-refractivity contribution in [2.45, 2.75) is 55.8 Å². The Bertz CT molecular complexity index is 1350. The van der Waals surface area contributed by atoms with E-state index in [0.29, 0.717) is 24.5 Å². The number of hydrogen-bond acceptors (Lipinski definition) is 5. The molecule has 2 heterocycles. The molecule has 0 radical (unpaired) electrons. The van der Waals surface area contributed by atoms with Crippen LogP contribution in [0.2, 0.25) is 5.02 Å². The molecule has 1 aliphatic carbocycles. The van der Waals surface area contributed by atoms with Crippen molar-refractivity contribution in [3.63, 3.8) is 0 Å². The number of rotatable bonds is 6. The highest BCUT2D eigenvalue weighted by molar-refractivity contribution is 6.31. The van der Waals surface area contributed by atoms with E-state index in [1.165, 1.54) is 17.7 Å². The van der Waals surface area contributed by atoms with Crippen molar-refractivity contribution in [1.29, 1.82) is 0 Å². The first-order chi connectivity index (χ1) is 20.0. The van der Waals surface area contributed by atoms with Gasteiger partial charge in [0.15, 0.2) is 11.5 Å². The minimum absolute atomic E-state index is 0.0590. The Hall–Kier alpha value is -2.95.